The van der Waals surface area contributed by atoms with Crippen molar-refractivity contribution in [1.29, 1.82) is 0 Å². The average Bonchev–Trinajstić information content (AvgIpc) is 2.97. The van der Waals surface area contributed by atoms with E-state index in [0.29, 0.717) is 45.7 Å². The van der Waals surface area contributed by atoms with E-state index in [2.05, 4.69) is 21.9 Å². The van der Waals surface area contributed by atoms with E-state index in [1.807, 2.05) is 15.7 Å². The predicted octanol–water partition coefficient (Wildman–Crippen LogP) is 0.637. The van der Waals surface area contributed by atoms with Gasteiger partial charge in [-0.2, -0.15) is 0 Å². The van der Waals surface area contributed by atoms with Crippen molar-refractivity contribution in [2.45, 2.75) is 32.7 Å². The number of imidazole rings is 1. The van der Waals surface area contributed by atoms with Crippen LogP contribution in [0.25, 0.3) is 0 Å². The summed E-state index contributed by atoms with van der Waals surface area (Å²) in [6.07, 6.45) is 7.01. The van der Waals surface area contributed by atoms with Crippen LogP contribution in [0.1, 0.15) is 24.9 Å². The monoisotopic (exact) mass is 359 g/mol. The first-order chi connectivity index (χ1) is 12.7. The third-order valence-electron chi connectivity index (χ3n) is 4.61. The van der Waals surface area contributed by atoms with Crippen molar-refractivity contribution in [2.75, 3.05) is 26.3 Å². The molecular formula is C18H25N5O3. The van der Waals surface area contributed by atoms with Crippen LogP contribution in [-0.2, 0) is 28.9 Å². The number of hydrogen-bond acceptors (Lipinski definition) is 5. The fourth-order valence-electron chi connectivity index (χ4n) is 3.28. The number of carbonyl (C=O) groups excluding carboxylic acids is 1. The summed E-state index contributed by atoms with van der Waals surface area (Å²) in [6, 6.07) is 1.50. The molecule has 1 amide bonds. The van der Waals surface area contributed by atoms with E-state index < -0.39 is 0 Å². The lowest BCUT2D eigenvalue weighted by molar-refractivity contribution is -0.131. The van der Waals surface area contributed by atoms with E-state index in [0.717, 1.165) is 17.9 Å². The Balaban J connectivity index is 1.57. The van der Waals surface area contributed by atoms with Gasteiger partial charge in [-0.25, -0.2) is 9.97 Å². The van der Waals surface area contributed by atoms with Crippen molar-refractivity contribution in [1.82, 2.24) is 24.4 Å². The van der Waals surface area contributed by atoms with Gasteiger partial charge in [-0.3, -0.25) is 9.59 Å². The Bertz CT molecular complexity index is 785. The molecule has 1 aliphatic rings. The number of rotatable bonds is 6. The second-order valence-corrected chi connectivity index (χ2v) is 6.53. The second-order valence-electron chi connectivity index (χ2n) is 6.53. The quantitative estimate of drug-likeness (QED) is 0.817. The Morgan fingerprint density at radius 2 is 2.31 bits per heavy atom. The number of carbonyl (C=O) groups is 1. The lowest BCUT2D eigenvalue weighted by atomic mass is 10.0. The van der Waals surface area contributed by atoms with Gasteiger partial charge in [0.15, 0.2) is 0 Å². The summed E-state index contributed by atoms with van der Waals surface area (Å²) in [7, 11) is 0. The number of nitrogens with one attached hydrogen (secondary N) is 1. The number of nitrogens with zero attached hydrogens (tertiary/aromatic N) is 4. The number of ether oxygens (including phenoxy) is 1. The maximum atomic E-state index is 12.7. The van der Waals surface area contributed by atoms with Crippen molar-refractivity contribution in [3.63, 3.8) is 0 Å². The number of amides is 1. The van der Waals surface area contributed by atoms with Gasteiger partial charge in [0.2, 0.25) is 5.91 Å². The molecule has 0 unspecified atom stereocenters. The molecule has 8 heteroatoms. The lowest BCUT2D eigenvalue weighted by Gasteiger charge is -2.23. The molecule has 26 heavy (non-hydrogen) atoms. The minimum atomic E-state index is -0.162. The highest BCUT2D eigenvalue weighted by Crippen LogP contribution is 2.13. The van der Waals surface area contributed by atoms with E-state index in [1.165, 1.54) is 12.4 Å². The number of aromatic amines is 1. The summed E-state index contributed by atoms with van der Waals surface area (Å²) >= 11 is 0. The van der Waals surface area contributed by atoms with Crippen LogP contribution in [0.4, 0.5) is 0 Å². The molecule has 1 atom stereocenters. The van der Waals surface area contributed by atoms with Gasteiger partial charge in [-0.05, 0) is 6.42 Å². The first kappa shape index (κ1) is 18.3. The van der Waals surface area contributed by atoms with Gasteiger partial charge in [-0.1, -0.05) is 6.92 Å². The molecule has 8 nitrogen and oxygen atoms in total. The van der Waals surface area contributed by atoms with Crippen LogP contribution >= 0.6 is 0 Å². The molecule has 140 valence electrons. The summed E-state index contributed by atoms with van der Waals surface area (Å²) in [4.78, 5) is 37.0. The maximum absolute atomic E-state index is 12.7. The van der Waals surface area contributed by atoms with E-state index in [9.17, 15) is 9.59 Å². The molecule has 1 aliphatic heterocycles. The molecular weight excluding hydrogens is 334 g/mol. The molecule has 3 rings (SSSR count). The van der Waals surface area contributed by atoms with Crippen molar-refractivity contribution in [2.24, 2.45) is 5.92 Å². The van der Waals surface area contributed by atoms with Crippen LogP contribution in [0, 0.1) is 5.92 Å². The summed E-state index contributed by atoms with van der Waals surface area (Å²) in [6.45, 7) is 5.02. The fourth-order valence-corrected chi connectivity index (χ4v) is 3.28. The number of hydrogen-bond donors (Lipinski definition) is 1. The van der Waals surface area contributed by atoms with Gasteiger partial charge in [0.25, 0.3) is 5.56 Å². The van der Waals surface area contributed by atoms with Crippen LogP contribution in [0.15, 0.2) is 29.6 Å². The number of aromatic nitrogens is 4. The molecule has 0 radical (unpaired) electrons. The molecule has 0 spiro atoms. The van der Waals surface area contributed by atoms with Gasteiger partial charge < -0.3 is 19.2 Å². The van der Waals surface area contributed by atoms with Crippen molar-refractivity contribution in [3.8, 4) is 0 Å². The minimum absolute atomic E-state index is 0.120. The van der Waals surface area contributed by atoms with Crippen LogP contribution in [0.5, 0.6) is 0 Å². The Labute approximate surface area is 152 Å². The minimum Gasteiger partial charge on any atom is -0.379 e. The molecule has 1 saturated heterocycles. The molecule has 0 aromatic carbocycles. The highest BCUT2D eigenvalue weighted by atomic mass is 16.5. The first-order valence-corrected chi connectivity index (χ1v) is 9.05. The number of aryl methyl sites for hydroxylation is 2. The van der Waals surface area contributed by atoms with Crippen molar-refractivity contribution in [3.05, 3.63) is 46.7 Å². The largest absolute Gasteiger partial charge is 0.379 e. The molecule has 1 N–H and O–H groups in total. The zero-order valence-electron chi connectivity index (χ0n) is 15.1. The average molecular weight is 359 g/mol. The van der Waals surface area contributed by atoms with Gasteiger partial charge >= 0.3 is 0 Å². The topological polar surface area (TPSA) is 93.1 Å². The molecule has 1 fully saturated rings. The predicted molar refractivity (Wildman–Crippen MR) is 95.7 cm³/mol. The van der Waals surface area contributed by atoms with E-state index >= 15 is 0 Å². The molecule has 0 aliphatic carbocycles. The zero-order chi connectivity index (χ0) is 18.4. The third-order valence-corrected chi connectivity index (χ3v) is 4.61. The lowest BCUT2D eigenvalue weighted by Crippen LogP contribution is -2.37. The van der Waals surface area contributed by atoms with Gasteiger partial charge in [-0.15, -0.1) is 0 Å². The molecule has 2 aromatic heterocycles. The van der Waals surface area contributed by atoms with E-state index in [4.69, 9.17) is 4.74 Å². The van der Waals surface area contributed by atoms with Crippen LogP contribution in [-0.4, -0.2) is 56.6 Å². The van der Waals surface area contributed by atoms with Gasteiger partial charge in [0.1, 0.15) is 5.82 Å². The van der Waals surface area contributed by atoms with Gasteiger partial charge in [0.05, 0.1) is 19.5 Å². The molecule has 2 aromatic rings. The third kappa shape index (κ3) is 4.78. The normalized spacial score (nSPS) is 17.9. The zero-order valence-corrected chi connectivity index (χ0v) is 15.1. The van der Waals surface area contributed by atoms with Crippen LogP contribution in [0.3, 0.4) is 0 Å². The Morgan fingerprint density at radius 1 is 1.42 bits per heavy atom. The highest BCUT2D eigenvalue weighted by molar-refractivity contribution is 5.76. The molecule has 0 bridgehead atoms. The summed E-state index contributed by atoms with van der Waals surface area (Å²) in [5.41, 5.74) is 0.562. The Morgan fingerprint density at radius 3 is 3.12 bits per heavy atom. The SMILES string of the molecule is CCc1nccn1CCC(=O)N1CCOC[C@H](Cc2cc(=O)[nH]cn2)C1. The molecule has 0 saturated carbocycles. The summed E-state index contributed by atoms with van der Waals surface area (Å²) in [5, 5.41) is 0. The first-order valence-electron chi connectivity index (χ1n) is 9.05. The van der Waals surface area contributed by atoms with Gasteiger partial charge in [0, 0.05) is 62.5 Å². The Kier molecular flexibility index (Phi) is 6.17. The summed E-state index contributed by atoms with van der Waals surface area (Å²) in [5.74, 6) is 1.25. The highest BCUT2D eigenvalue weighted by Gasteiger charge is 2.23. The Hall–Kier alpha value is -2.48. The number of H-pyrrole nitrogens is 1. The smallest absolute Gasteiger partial charge is 0.250 e. The summed E-state index contributed by atoms with van der Waals surface area (Å²) < 4.78 is 7.69. The van der Waals surface area contributed by atoms with Crippen LogP contribution in [0.2, 0.25) is 0 Å². The van der Waals surface area contributed by atoms with Crippen LogP contribution < -0.4 is 5.56 Å². The fraction of sp³-hybridized carbons (Fsp3) is 0.556. The van der Waals surface area contributed by atoms with Crippen molar-refractivity contribution < 1.29 is 9.53 Å². The van der Waals surface area contributed by atoms with E-state index in [-0.39, 0.29) is 17.4 Å². The maximum Gasteiger partial charge on any atom is 0.250 e. The molecule has 3 heterocycles. The second kappa shape index (κ2) is 8.75. The van der Waals surface area contributed by atoms with Crippen molar-refractivity contribution >= 4 is 5.91 Å². The standard InChI is InChI=1S/C18H25N5O3/c1-2-16-19-4-6-22(16)5-3-18(25)23-7-8-26-12-14(11-23)9-15-10-17(24)21-13-20-15/h4,6,10,13-14H,2-3,5,7-9,11-12H2,1H3,(H,20,21,24)/t14-/m1/s1. The van der Waals surface area contributed by atoms with E-state index in [1.54, 1.807) is 6.20 Å².